The number of carbonyl (C=O) groups excluding carboxylic acids is 1. The molecule has 0 spiro atoms. The predicted octanol–water partition coefficient (Wildman–Crippen LogP) is 3.71. The Morgan fingerprint density at radius 1 is 1.03 bits per heavy atom. The lowest BCUT2D eigenvalue weighted by atomic mass is 10.0. The summed E-state index contributed by atoms with van der Waals surface area (Å²) in [6, 6.07) is 18.7. The highest BCUT2D eigenvalue weighted by Gasteiger charge is 2.20. The zero-order valence-corrected chi connectivity index (χ0v) is 16.0. The lowest BCUT2D eigenvalue weighted by Crippen LogP contribution is -2.07. The second kappa shape index (κ2) is 9.45. The van der Waals surface area contributed by atoms with Crippen molar-refractivity contribution in [3.8, 4) is 11.5 Å². The lowest BCUT2D eigenvalue weighted by molar-refractivity contribution is 0.103. The van der Waals surface area contributed by atoms with Crippen LogP contribution in [0.25, 0.3) is 4.98 Å². The molecular formula is C20H16N2O6S. The number of nitrogens with zero attached hydrogens (tertiary/aromatic N) is 2. The maximum absolute atomic E-state index is 12.2. The first kappa shape index (κ1) is 21.6. The monoisotopic (exact) mass is 412 g/mol. The molecule has 0 radical (unpaired) electrons. The molecule has 29 heavy (non-hydrogen) atoms. The molecule has 0 amide bonds. The Morgan fingerprint density at radius 2 is 1.59 bits per heavy atom. The molecule has 0 aliphatic carbocycles. The maximum atomic E-state index is 12.2. The molecule has 3 aromatic rings. The van der Waals surface area contributed by atoms with Gasteiger partial charge >= 0.3 is 5.69 Å². The molecule has 3 rings (SSSR count). The van der Waals surface area contributed by atoms with Gasteiger partial charge in [0.25, 0.3) is 0 Å². The van der Waals surface area contributed by atoms with Crippen LogP contribution in [0.5, 0.6) is 11.5 Å². The molecule has 0 atom stereocenters. The van der Waals surface area contributed by atoms with Crippen LogP contribution in [-0.2, 0) is 10.1 Å². The highest BCUT2D eigenvalue weighted by Crippen LogP contribution is 2.32. The highest BCUT2D eigenvalue weighted by molar-refractivity contribution is 7.85. The molecule has 0 bridgehead atoms. The van der Waals surface area contributed by atoms with Gasteiger partial charge in [0, 0.05) is 23.8 Å². The summed E-state index contributed by atoms with van der Waals surface area (Å²) in [5.41, 5.74) is 0.566. The highest BCUT2D eigenvalue weighted by atomic mass is 32.2. The van der Waals surface area contributed by atoms with Crippen molar-refractivity contribution in [2.24, 2.45) is 0 Å². The van der Waals surface area contributed by atoms with Crippen molar-refractivity contribution in [1.82, 2.24) is 0 Å². The fourth-order valence-corrected chi connectivity index (χ4v) is 2.98. The van der Waals surface area contributed by atoms with E-state index in [1.54, 1.807) is 30.3 Å². The van der Waals surface area contributed by atoms with Gasteiger partial charge in [0.15, 0.2) is 10.8 Å². The van der Waals surface area contributed by atoms with Gasteiger partial charge in [-0.1, -0.05) is 48.5 Å². The first-order valence-electron chi connectivity index (χ1n) is 8.14. The van der Waals surface area contributed by atoms with E-state index >= 15 is 0 Å². The van der Waals surface area contributed by atoms with Crippen LogP contribution in [0.4, 0.5) is 5.69 Å². The largest absolute Gasteiger partial charge is 0.744 e. The Hall–Kier alpha value is -3.74. The Morgan fingerprint density at radius 3 is 2.03 bits per heavy atom. The summed E-state index contributed by atoms with van der Waals surface area (Å²) in [6.45, 7) is 0. The number of aromatic hydroxyl groups is 1. The number of benzene rings is 3. The number of diazo groups is 1. The maximum Gasteiger partial charge on any atom is 0.385 e. The third-order valence-electron chi connectivity index (χ3n) is 3.70. The summed E-state index contributed by atoms with van der Waals surface area (Å²) in [5.74, 6) is -1.37. The molecule has 9 heteroatoms. The summed E-state index contributed by atoms with van der Waals surface area (Å²) in [5, 5.41) is 18.0. The number of ether oxygens (including phenoxy) is 1. The minimum Gasteiger partial charge on any atom is -0.744 e. The van der Waals surface area contributed by atoms with Gasteiger partial charge in [-0.25, -0.2) is 8.42 Å². The van der Waals surface area contributed by atoms with Crippen LogP contribution in [0, 0.1) is 5.39 Å². The average Bonchev–Trinajstić information content (AvgIpc) is 2.73. The van der Waals surface area contributed by atoms with E-state index in [2.05, 4.69) is 4.98 Å². The third-order valence-corrected chi connectivity index (χ3v) is 4.56. The molecule has 0 aliphatic rings. The predicted molar refractivity (Wildman–Crippen MR) is 104 cm³/mol. The fourth-order valence-electron chi connectivity index (χ4n) is 2.33. The van der Waals surface area contributed by atoms with Crippen molar-refractivity contribution in [2.45, 2.75) is 4.90 Å². The number of phenolic OH excluding ortho intramolecular Hbond substituents is 1. The first-order valence-corrected chi connectivity index (χ1v) is 9.55. The molecule has 1 N–H and O–H groups in total. The molecule has 0 aliphatic heterocycles. The normalized spacial score (nSPS) is 10.2. The van der Waals surface area contributed by atoms with Gasteiger partial charge in [0.2, 0.25) is 5.39 Å². The molecule has 0 heterocycles. The smallest absolute Gasteiger partial charge is 0.385 e. The quantitative estimate of drug-likeness (QED) is 0.392. The van der Waals surface area contributed by atoms with Crippen LogP contribution in [-0.4, -0.2) is 31.0 Å². The topological polar surface area (TPSA) is 132 Å². The van der Waals surface area contributed by atoms with Crippen LogP contribution in [0.3, 0.4) is 0 Å². The number of hydrogen-bond donors (Lipinski definition) is 1. The van der Waals surface area contributed by atoms with Gasteiger partial charge < -0.3 is 14.4 Å². The Labute approximate surface area is 167 Å². The summed E-state index contributed by atoms with van der Waals surface area (Å²) < 4.78 is 38.4. The van der Waals surface area contributed by atoms with Gasteiger partial charge in [-0.2, -0.15) is 0 Å². The molecule has 0 fully saturated rings. The minimum atomic E-state index is -4.84. The Bertz CT molecular complexity index is 1140. The number of phenols is 1. The minimum absolute atomic E-state index is 0.257. The zero-order valence-electron chi connectivity index (χ0n) is 15.2. The van der Waals surface area contributed by atoms with Gasteiger partial charge in [-0.3, -0.25) is 4.79 Å². The van der Waals surface area contributed by atoms with Crippen molar-refractivity contribution in [2.75, 3.05) is 7.11 Å². The molecular weight excluding hydrogens is 396 g/mol. The molecule has 0 aromatic heterocycles. The standard InChI is InChI=1S/C14H12O6S.C6H5N2/c1-20-12-8-11(15)10(7-13(12)21(17,18)19)14(16)9-5-3-2-4-6-9;7-8-6-4-2-1-3-5-6/h2-8,15H,1H3,(H,17,18,19);1-5H/q;+1/p-1. The SMILES string of the molecule is COc1cc(O)c(C(=O)c2ccccc2)cc1S(=O)(=O)[O-].N#[N+]c1ccccc1. The van der Waals surface area contributed by atoms with E-state index in [-0.39, 0.29) is 16.9 Å². The van der Waals surface area contributed by atoms with Crippen molar-refractivity contribution < 1.29 is 27.6 Å². The molecule has 3 aromatic carbocycles. The van der Waals surface area contributed by atoms with E-state index in [1.165, 1.54) is 12.1 Å². The second-order valence-electron chi connectivity index (χ2n) is 5.61. The van der Waals surface area contributed by atoms with Gasteiger partial charge in [0.1, 0.15) is 21.6 Å². The third kappa shape index (κ3) is 5.62. The number of carbonyl (C=O) groups is 1. The van der Waals surface area contributed by atoms with E-state index in [0.717, 1.165) is 19.2 Å². The lowest BCUT2D eigenvalue weighted by Gasteiger charge is -2.14. The van der Waals surface area contributed by atoms with E-state index in [1.807, 2.05) is 18.2 Å². The van der Waals surface area contributed by atoms with E-state index < -0.39 is 26.5 Å². The molecule has 148 valence electrons. The number of methoxy groups -OCH3 is 1. The molecule has 0 saturated carbocycles. The van der Waals surface area contributed by atoms with Crippen LogP contribution in [0.1, 0.15) is 15.9 Å². The Balaban J connectivity index is 0.000000313. The van der Waals surface area contributed by atoms with Crippen molar-refractivity contribution in [3.05, 3.63) is 88.9 Å². The zero-order chi connectivity index (χ0) is 21.4. The van der Waals surface area contributed by atoms with Crippen LogP contribution >= 0.6 is 0 Å². The number of hydrogen-bond acceptors (Lipinski definition) is 7. The van der Waals surface area contributed by atoms with E-state index in [9.17, 15) is 22.9 Å². The van der Waals surface area contributed by atoms with Gasteiger partial charge in [-0.05, 0) is 6.07 Å². The first-order chi connectivity index (χ1) is 13.8. The average molecular weight is 412 g/mol. The second-order valence-corrected chi connectivity index (χ2v) is 6.95. The number of rotatable bonds is 4. The van der Waals surface area contributed by atoms with Crippen molar-refractivity contribution >= 4 is 21.6 Å². The van der Waals surface area contributed by atoms with Crippen LogP contribution in [0.2, 0.25) is 0 Å². The summed E-state index contributed by atoms with van der Waals surface area (Å²) >= 11 is 0. The van der Waals surface area contributed by atoms with Crippen molar-refractivity contribution in [1.29, 1.82) is 5.39 Å². The summed E-state index contributed by atoms with van der Waals surface area (Å²) in [6.07, 6.45) is 0. The summed E-state index contributed by atoms with van der Waals surface area (Å²) in [7, 11) is -3.68. The summed E-state index contributed by atoms with van der Waals surface area (Å²) in [4.78, 5) is 14.5. The van der Waals surface area contributed by atoms with E-state index in [4.69, 9.17) is 10.1 Å². The van der Waals surface area contributed by atoms with E-state index in [0.29, 0.717) is 5.69 Å². The van der Waals surface area contributed by atoms with Crippen LogP contribution < -0.4 is 4.74 Å². The van der Waals surface area contributed by atoms with Gasteiger partial charge in [-0.15, -0.1) is 0 Å². The molecule has 0 unspecified atom stereocenters. The molecule has 8 nitrogen and oxygen atoms in total. The molecule has 0 saturated heterocycles. The number of ketones is 1. The van der Waals surface area contributed by atoms with Crippen LogP contribution in [0.15, 0.2) is 77.7 Å². The Kier molecular flexibility index (Phi) is 7.03. The fraction of sp³-hybridized carbons (Fsp3) is 0.0500. The van der Waals surface area contributed by atoms with Gasteiger partial charge in [0.05, 0.1) is 17.6 Å². The van der Waals surface area contributed by atoms with Crippen molar-refractivity contribution in [3.63, 3.8) is 0 Å².